The molecule has 2 aromatic heterocycles. The van der Waals surface area contributed by atoms with Gasteiger partial charge in [-0.3, -0.25) is 9.20 Å². The second-order valence-electron chi connectivity index (χ2n) is 3.67. The number of benzene rings is 1. The number of hydrogen-bond donors (Lipinski definition) is 0. The third kappa shape index (κ3) is 1.73. The molecule has 0 radical (unpaired) electrons. The summed E-state index contributed by atoms with van der Waals surface area (Å²) in [6.45, 7) is 0. The number of hydrogen-bond acceptors (Lipinski definition) is 3. The number of aldehydes is 1. The normalized spacial score (nSPS) is 11.0. The molecule has 3 nitrogen and oxygen atoms in total. The summed E-state index contributed by atoms with van der Waals surface area (Å²) in [5.74, 6) is 0. The molecule has 0 aliphatic carbocycles. The van der Waals surface area contributed by atoms with Crippen LogP contribution in [-0.2, 0) is 0 Å². The quantitative estimate of drug-likeness (QED) is 0.665. The Morgan fingerprint density at radius 2 is 2.11 bits per heavy atom. The van der Waals surface area contributed by atoms with Crippen molar-refractivity contribution in [1.29, 1.82) is 0 Å². The summed E-state index contributed by atoms with van der Waals surface area (Å²) in [6.07, 6.45) is 2.34. The van der Waals surface area contributed by atoms with Crippen LogP contribution in [-0.4, -0.2) is 15.7 Å². The first-order valence-corrected chi connectivity index (χ1v) is 6.70. The second kappa shape index (κ2) is 4.39. The first-order valence-electron chi connectivity index (χ1n) is 5.06. The number of rotatable bonds is 2. The topological polar surface area (TPSA) is 34.4 Å². The average molecular weight is 297 g/mol. The number of carbonyl (C=O) groups is 1. The lowest BCUT2D eigenvalue weighted by molar-refractivity contribution is 0.111. The number of carbonyl (C=O) groups excluding carboxylic acids is 1. The molecule has 90 valence electrons. The van der Waals surface area contributed by atoms with Crippen molar-refractivity contribution in [2.75, 3.05) is 0 Å². The van der Waals surface area contributed by atoms with Crippen LogP contribution in [0.1, 0.15) is 10.5 Å². The summed E-state index contributed by atoms with van der Waals surface area (Å²) < 4.78 is 1.80. The van der Waals surface area contributed by atoms with E-state index >= 15 is 0 Å². The Labute approximate surface area is 117 Å². The van der Waals surface area contributed by atoms with Gasteiger partial charge in [0, 0.05) is 10.9 Å². The first-order chi connectivity index (χ1) is 8.70. The molecule has 0 aliphatic heterocycles. The Morgan fingerprint density at radius 1 is 1.28 bits per heavy atom. The molecule has 3 rings (SSSR count). The lowest BCUT2D eigenvalue weighted by Gasteiger charge is -2.03. The van der Waals surface area contributed by atoms with Crippen molar-refractivity contribution < 1.29 is 4.79 Å². The molecule has 0 fully saturated rings. The van der Waals surface area contributed by atoms with E-state index in [4.69, 9.17) is 23.2 Å². The van der Waals surface area contributed by atoms with E-state index < -0.39 is 0 Å². The van der Waals surface area contributed by atoms with Crippen molar-refractivity contribution in [1.82, 2.24) is 9.38 Å². The third-order valence-electron chi connectivity index (χ3n) is 2.61. The monoisotopic (exact) mass is 296 g/mol. The molecular weight excluding hydrogens is 291 g/mol. The van der Waals surface area contributed by atoms with Gasteiger partial charge in [0.15, 0.2) is 11.2 Å². The van der Waals surface area contributed by atoms with E-state index in [0.29, 0.717) is 15.7 Å². The van der Waals surface area contributed by atoms with Crippen LogP contribution in [0, 0.1) is 0 Å². The minimum atomic E-state index is 0.487. The molecule has 0 unspecified atom stereocenters. The fraction of sp³-hybridized carbons (Fsp3) is 0. The lowest BCUT2D eigenvalue weighted by Crippen LogP contribution is -1.91. The maximum absolute atomic E-state index is 11.0. The Morgan fingerprint density at radius 3 is 2.83 bits per heavy atom. The molecule has 0 bridgehead atoms. The van der Waals surface area contributed by atoms with Crippen LogP contribution >= 0.6 is 34.5 Å². The van der Waals surface area contributed by atoms with Crippen LogP contribution in [0.25, 0.3) is 16.2 Å². The fourth-order valence-electron chi connectivity index (χ4n) is 1.77. The van der Waals surface area contributed by atoms with Gasteiger partial charge >= 0.3 is 0 Å². The highest BCUT2D eigenvalue weighted by molar-refractivity contribution is 7.15. The van der Waals surface area contributed by atoms with Crippen LogP contribution in [0.15, 0.2) is 29.8 Å². The van der Waals surface area contributed by atoms with E-state index in [1.807, 2.05) is 11.4 Å². The number of thiazole rings is 1. The minimum Gasteiger partial charge on any atom is -0.296 e. The summed E-state index contributed by atoms with van der Waals surface area (Å²) in [5, 5.41) is 2.93. The summed E-state index contributed by atoms with van der Waals surface area (Å²) >= 11 is 13.4. The number of aromatic nitrogens is 2. The second-order valence-corrected chi connectivity index (χ2v) is 5.32. The maximum Gasteiger partial charge on any atom is 0.194 e. The highest BCUT2D eigenvalue weighted by atomic mass is 35.5. The first kappa shape index (κ1) is 11.7. The molecule has 0 saturated carbocycles. The molecule has 6 heteroatoms. The smallest absolute Gasteiger partial charge is 0.194 e. The number of nitrogens with zero attached hydrogens (tertiary/aromatic N) is 2. The van der Waals surface area contributed by atoms with E-state index in [2.05, 4.69) is 4.98 Å². The fourth-order valence-corrected chi connectivity index (χ4v) is 2.95. The molecule has 0 atom stereocenters. The van der Waals surface area contributed by atoms with E-state index in [-0.39, 0.29) is 0 Å². The number of fused-ring (bicyclic) bond motifs is 1. The van der Waals surface area contributed by atoms with Gasteiger partial charge in [0.05, 0.1) is 21.9 Å². The van der Waals surface area contributed by atoms with Gasteiger partial charge in [0.25, 0.3) is 0 Å². The standard InChI is InChI=1S/C12H6Cl2N2OS/c13-9-2-1-7(3-10(9)14)11-6-18-12-15-4-8(5-17)16(11)12/h1-6H. The van der Waals surface area contributed by atoms with Crippen LogP contribution < -0.4 is 0 Å². The zero-order chi connectivity index (χ0) is 12.7. The van der Waals surface area contributed by atoms with Crippen molar-refractivity contribution in [3.8, 4) is 11.3 Å². The largest absolute Gasteiger partial charge is 0.296 e. The van der Waals surface area contributed by atoms with Gasteiger partial charge in [-0.2, -0.15) is 0 Å². The Kier molecular flexibility index (Phi) is 2.86. The van der Waals surface area contributed by atoms with Crippen molar-refractivity contribution in [3.05, 3.63) is 45.5 Å². The predicted octanol–water partition coefficient (Wildman–Crippen LogP) is 4.18. The molecule has 3 aromatic rings. The van der Waals surface area contributed by atoms with Gasteiger partial charge in [0.1, 0.15) is 5.69 Å². The minimum absolute atomic E-state index is 0.487. The van der Waals surface area contributed by atoms with Crippen LogP contribution in [0.3, 0.4) is 0 Å². The van der Waals surface area contributed by atoms with Gasteiger partial charge in [-0.05, 0) is 12.1 Å². The molecule has 0 spiro atoms. The molecular formula is C12H6Cl2N2OS. The van der Waals surface area contributed by atoms with Crippen molar-refractivity contribution in [2.45, 2.75) is 0 Å². The highest BCUT2D eigenvalue weighted by Crippen LogP contribution is 2.31. The lowest BCUT2D eigenvalue weighted by atomic mass is 10.2. The Hall–Kier alpha value is -1.36. The van der Waals surface area contributed by atoms with Crippen LogP contribution in [0.4, 0.5) is 0 Å². The highest BCUT2D eigenvalue weighted by Gasteiger charge is 2.12. The Bertz CT molecular complexity index is 748. The third-order valence-corrected chi connectivity index (χ3v) is 4.19. The summed E-state index contributed by atoms with van der Waals surface area (Å²) in [7, 11) is 0. The number of imidazole rings is 1. The maximum atomic E-state index is 11.0. The van der Waals surface area contributed by atoms with E-state index in [9.17, 15) is 4.79 Å². The van der Waals surface area contributed by atoms with Crippen molar-refractivity contribution in [3.63, 3.8) is 0 Å². The van der Waals surface area contributed by atoms with Gasteiger partial charge in [-0.15, -0.1) is 11.3 Å². The Balaban J connectivity index is 2.27. The summed E-state index contributed by atoms with van der Waals surface area (Å²) in [6, 6.07) is 5.38. The SMILES string of the molecule is O=Cc1cnc2scc(-c3ccc(Cl)c(Cl)c3)n12. The summed E-state index contributed by atoms with van der Waals surface area (Å²) in [4.78, 5) is 15.9. The molecule has 0 saturated heterocycles. The molecule has 18 heavy (non-hydrogen) atoms. The molecule has 0 aliphatic rings. The number of halogens is 2. The zero-order valence-electron chi connectivity index (χ0n) is 8.93. The van der Waals surface area contributed by atoms with Crippen LogP contribution in [0.2, 0.25) is 10.0 Å². The average Bonchev–Trinajstić information content (AvgIpc) is 2.93. The predicted molar refractivity (Wildman–Crippen MR) is 73.9 cm³/mol. The van der Waals surface area contributed by atoms with Gasteiger partial charge in [-0.25, -0.2) is 4.98 Å². The van der Waals surface area contributed by atoms with Gasteiger partial charge in [0.2, 0.25) is 0 Å². The van der Waals surface area contributed by atoms with E-state index in [0.717, 1.165) is 22.5 Å². The van der Waals surface area contributed by atoms with Crippen molar-refractivity contribution in [2.24, 2.45) is 0 Å². The molecule has 0 amide bonds. The van der Waals surface area contributed by atoms with E-state index in [1.54, 1.807) is 22.7 Å². The molecule has 1 aromatic carbocycles. The molecule has 0 N–H and O–H groups in total. The zero-order valence-corrected chi connectivity index (χ0v) is 11.3. The van der Waals surface area contributed by atoms with E-state index in [1.165, 1.54) is 11.3 Å². The molecule has 2 heterocycles. The van der Waals surface area contributed by atoms with Gasteiger partial charge in [-0.1, -0.05) is 29.3 Å². The van der Waals surface area contributed by atoms with Gasteiger partial charge < -0.3 is 0 Å². The van der Waals surface area contributed by atoms with Crippen molar-refractivity contribution >= 4 is 45.8 Å². The summed E-state index contributed by atoms with van der Waals surface area (Å²) in [5.41, 5.74) is 2.30. The van der Waals surface area contributed by atoms with Crippen LogP contribution in [0.5, 0.6) is 0 Å².